The average molecular weight is 570 g/mol. The molecule has 39 heavy (non-hydrogen) atoms. The second kappa shape index (κ2) is 10.4. The average Bonchev–Trinajstić information content (AvgIpc) is 3.16. The smallest absolute Gasteiger partial charge is 0.360 e. The van der Waals surface area contributed by atoms with Gasteiger partial charge in [-0.3, -0.25) is 0 Å². The highest BCUT2D eigenvalue weighted by atomic mass is 35.5. The molecule has 1 saturated heterocycles. The third-order valence-corrected chi connectivity index (χ3v) is 8.99. The minimum atomic E-state index is -0.921. The van der Waals surface area contributed by atoms with Gasteiger partial charge >= 0.3 is 5.97 Å². The second-order valence-corrected chi connectivity index (χ2v) is 11.9. The topological polar surface area (TPSA) is 102 Å². The molecule has 0 amide bonds. The maximum Gasteiger partial charge on any atom is 0.360 e. The van der Waals surface area contributed by atoms with Gasteiger partial charge < -0.3 is 20.5 Å². The van der Waals surface area contributed by atoms with Crippen molar-refractivity contribution in [3.05, 3.63) is 74.5 Å². The van der Waals surface area contributed by atoms with Crippen LogP contribution in [0.3, 0.4) is 0 Å². The van der Waals surface area contributed by atoms with Crippen molar-refractivity contribution in [3.63, 3.8) is 0 Å². The highest BCUT2D eigenvalue weighted by Crippen LogP contribution is 2.51. The van der Waals surface area contributed by atoms with E-state index in [-0.39, 0.29) is 23.8 Å². The number of benzene rings is 2. The molecule has 1 fully saturated rings. The molecule has 2 heterocycles. The number of nitrogens with two attached hydrogens (primary N) is 1. The molecule has 206 valence electrons. The summed E-state index contributed by atoms with van der Waals surface area (Å²) in [5.74, 6) is -0.0140. The summed E-state index contributed by atoms with van der Waals surface area (Å²) in [6, 6.07) is 11.4. The van der Waals surface area contributed by atoms with Crippen molar-refractivity contribution in [1.82, 2.24) is 9.97 Å². The zero-order valence-corrected chi connectivity index (χ0v) is 24.2. The van der Waals surface area contributed by atoms with Crippen molar-refractivity contribution in [2.24, 2.45) is 11.1 Å². The Bertz CT molecular complexity index is 1430. The van der Waals surface area contributed by atoms with Gasteiger partial charge in [-0.15, -0.1) is 0 Å². The Balaban J connectivity index is 1.45. The van der Waals surface area contributed by atoms with Crippen LogP contribution in [0, 0.1) is 12.3 Å². The van der Waals surface area contributed by atoms with E-state index in [0.717, 1.165) is 30.4 Å². The van der Waals surface area contributed by atoms with Crippen LogP contribution in [0.25, 0.3) is 11.3 Å². The molecule has 1 aliphatic heterocycles. The molecule has 0 saturated carbocycles. The number of ether oxygens (including phenoxy) is 1. The molecule has 9 heteroatoms. The summed E-state index contributed by atoms with van der Waals surface area (Å²) in [6.45, 7) is 8.78. The van der Waals surface area contributed by atoms with Gasteiger partial charge in [-0.05, 0) is 75.1 Å². The maximum absolute atomic E-state index is 13.1. The van der Waals surface area contributed by atoms with E-state index in [2.05, 4.69) is 17.0 Å². The van der Waals surface area contributed by atoms with Crippen molar-refractivity contribution in [3.8, 4) is 11.3 Å². The molecule has 5 rings (SSSR count). The van der Waals surface area contributed by atoms with Crippen LogP contribution in [0.5, 0.6) is 0 Å². The molecule has 0 unspecified atom stereocenters. The van der Waals surface area contributed by atoms with Crippen LogP contribution in [0.2, 0.25) is 10.0 Å². The lowest BCUT2D eigenvalue weighted by atomic mass is 9.73. The number of esters is 1. The number of hydrogen-bond acceptors (Lipinski definition) is 7. The first-order chi connectivity index (χ1) is 18.4. The van der Waals surface area contributed by atoms with Gasteiger partial charge in [-0.2, -0.15) is 0 Å². The molecule has 2 aromatic carbocycles. The highest BCUT2D eigenvalue weighted by Gasteiger charge is 2.47. The number of hydrogen-bond donors (Lipinski definition) is 2. The molecule has 1 aromatic heterocycles. The number of piperidine rings is 1. The predicted octanol–water partition coefficient (Wildman–Crippen LogP) is 6.01. The van der Waals surface area contributed by atoms with Gasteiger partial charge in [0, 0.05) is 24.7 Å². The standard InChI is InChI=1S/C30H34Cl2N4O3/c1-5-39-28(37)25-27(34-17(2)24(35-25)20-7-6-8-22(31)23(20)32)36-13-11-30(12-14-36)16-18-9-10-19(29(3,4)38)15-21(18)26(30)33/h6-10,15,26,38H,5,11-14,16,33H2,1-4H3/t26-/m1/s1. The minimum absolute atomic E-state index is 0.0854. The highest BCUT2D eigenvalue weighted by molar-refractivity contribution is 6.43. The van der Waals surface area contributed by atoms with Crippen LogP contribution in [0.4, 0.5) is 5.82 Å². The number of aromatic nitrogens is 2. The summed E-state index contributed by atoms with van der Waals surface area (Å²) in [5, 5.41) is 11.3. The number of nitrogens with zero attached hydrogens (tertiary/aromatic N) is 3. The Morgan fingerprint density at radius 2 is 1.92 bits per heavy atom. The molecule has 7 nitrogen and oxygen atoms in total. The minimum Gasteiger partial charge on any atom is -0.461 e. The van der Waals surface area contributed by atoms with Crippen LogP contribution in [0.15, 0.2) is 36.4 Å². The van der Waals surface area contributed by atoms with Crippen molar-refractivity contribution < 1.29 is 14.6 Å². The molecule has 0 radical (unpaired) electrons. The van der Waals surface area contributed by atoms with E-state index >= 15 is 0 Å². The summed E-state index contributed by atoms with van der Waals surface area (Å²) in [6.07, 6.45) is 2.57. The third kappa shape index (κ3) is 5.02. The van der Waals surface area contributed by atoms with E-state index in [1.165, 1.54) is 5.56 Å². The lowest BCUT2D eigenvalue weighted by Crippen LogP contribution is -2.45. The zero-order chi connectivity index (χ0) is 28.1. The Labute approximate surface area is 239 Å². The third-order valence-electron chi connectivity index (χ3n) is 8.18. The molecule has 3 aromatic rings. The summed E-state index contributed by atoms with van der Waals surface area (Å²) < 4.78 is 5.37. The van der Waals surface area contributed by atoms with Gasteiger partial charge in [0.2, 0.25) is 0 Å². The first-order valence-electron chi connectivity index (χ1n) is 13.3. The van der Waals surface area contributed by atoms with Crippen LogP contribution < -0.4 is 10.6 Å². The van der Waals surface area contributed by atoms with Crippen LogP contribution in [-0.4, -0.2) is 40.7 Å². The molecular weight excluding hydrogens is 535 g/mol. The summed E-state index contributed by atoms with van der Waals surface area (Å²) in [7, 11) is 0. The maximum atomic E-state index is 13.1. The Kier molecular flexibility index (Phi) is 7.40. The SMILES string of the molecule is CCOC(=O)c1nc(-c2cccc(Cl)c2Cl)c(C)nc1N1CCC2(CC1)Cc1ccc(C(C)(C)O)cc1[C@H]2N. The fourth-order valence-electron chi connectivity index (χ4n) is 5.90. The number of anilines is 1. The monoisotopic (exact) mass is 568 g/mol. The molecule has 2 aliphatic rings. The van der Waals surface area contributed by atoms with Gasteiger partial charge in [0.25, 0.3) is 0 Å². The fourth-order valence-corrected chi connectivity index (χ4v) is 6.29. The van der Waals surface area contributed by atoms with E-state index in [4.69, 9.17) is 43.6 Å². The number of halogens is 2. The van der Waals surface area contributed by atoms with Gasteiger partial charge in [0.15, 0.2) is 11.5 Å². The Morgan fingerprint density at radius 3 is 2.59 bits per heavy atom. The largest absolute Gasteiger partial charge is 0.461 e. The number of fused-ring (bicyclic) bond motifs is 1. The lowest BCUT2D eigenvalue weighted by molar-refractivity contribution is 0.0519. The van der Waals surface area contributed by atoms with Gasteiger partial charge in [-0.25, -0.2) is 14.8 Å². The number of carbonyl (C=O) groups excluding carboxylic acids is 1. The van der Waals surface area contributed by atoms with Crippen molar-refractivity contribution >= 4 is 35.0 Å². The number of aliphatic hydroxyl groups is 1. The molecule has 1 atom stereocenters. The van der Waals surface area contributed by atoms with Crippen molar-refractivity contribution in [2.75, 3.05) is 24.6 Å². The predicted molar refractivity (Wildman–Crippen MR) is 154 cm³/mol. The van der Waals surface area contributed by atoms with Gasteiger partial charge in [-0.1, -0.05) is 53.5 Å². The van der Waals surface area contributed by atoms with Crippen LogP contribution in [-0.2, 0) is 16.8 Å². The van der Waals surface area contributed by atoms with E-state index in [0.29, 0.717) is 45.9 Å². The zero-order valence-electron chi connectivity index (χ0n) is 22.7. The summed E-state index contributed by atoms with van der Waals surface area (Å²) in [5.41, 5.74) is 11.0. The lowest BCUT2D eigenvalue weighted by Gasteiger charge is -2.43. The number of aryl methyl sites for hydroxylation is 1. The molecule has 1 spiro atoms. The fraction of sp³-hybridized carbons (Fsp3) is 0.433. The van der Waals surface area contributed by atoms with E-state index in [1.807, 2.05) is 19.1 Å². The van der Waals surface area contributed by atoms with E-state index in [9.17, 15) is 9.90 Å². The number of rotatable bonds is 5. The van der Waals surface area contributed by atoms with Gasteiger partial charge in [0.1, 0.15) is 0 Å². The van der Waals surface area contributed by atoms with E-state index in [1.54, 1.807) is 32.9 Å². The number of carbonyl (C=O) groups is 1. The first-order valence-corrected chi connectivity index (χ1v) is 14.1. The summed E-state index contributed by atoms with van der Waals surface area (Å²) >= 11 is 12.7. The molecule has 1 aliphatic carbocycles. The van der Waals surface area contributed by atoms with Crippen molar-refractivity contribution in [1.29, 1.82) is 0 Å². The van der Waals surface area contributed by atoms with Gasteiger partial charge in [0.05, 0.1) is 33.6 Å². The molecular formula is C30H34Cl2N4O3. The Morgan fingerprint density at radius 1 is 1.21 bits per heavy atom. The van der Waals surface area contributed by atoms with Crippen LogP contribution in [0.1, 0.15) is 72.5 Å². The normalized spacial score (nSPS) is 18.4. The first kappa shape index (κ1) is 27.8. The Hall–Kier alpha value is -2.71. The quantitative estimate of drug-likeness (QED) is 0.363. The van der Waals surface area contributed by atoms with Crippen LogP contribution >= 0.6 is 23.2 Å². The van der Waals surface area contributed by atoms with Crippen molar-refractivity contribution in [2.45, 2.75) is 58.6 Å². The summed E-state index contributed by atoms with van der Waals surface area (Å²) in [4.78, 5) is 24.8. The molecule has 3 N–H and O–H groups in total. The molecule has 0 bridgehead atoms. The second-order valence-electron chi connectivity index (χ2n) is 11.1. The van der Waals surface area contributed by atoms with E-state index < -0.39 is 11.6 Å².